The number of carbonyl (C=O) groups is 2. The van der Waals surface area contributed by atoms with Gasteiger partial charge in [-0.3, -0.25) is 4.72 Å². The van der Waals surface area contributed by atoms with Crippen LogP contribution in [0.4, 0.5) is 5.69 Å². The highest BCUT2D eigenvalue weighted by molar-refractivity contribution is 9.10. The number of halogens is 1. The monoisotopic (exact) mass is 427 g/mol. The summed E-state index contributed by atoms with van der Waals surface area (Å²) in [5.74, 6) is -1.66. The Bertz CT molecular complexity index is 909. The van der Waals surface area contributed by atoms with E-state index in [0.29, 0.717) is 0 Å². The Labute approximate surface area is 152 Å². The molecule has 0 atom stereocenters. The summed E-state index contributed by atoms with van der Waals surface area (Å²) >= 11 is 3.14. The predicted octanol–water partition coefficient (Wildman–Crippen LogP) is 3.12. The Kier molecular flexibility index (Phi) is 5.81. The van der Waals surface area contributed by atoms with Gasteiger partial charge in [-0.25, -0.2) is 18.0 Å². The third-order valence-corrected chi connectivity index (χ3v) is 5.47. The normalized spacial score (nSPS) is 11.0. The topological polar surface area (TPSA) is 110 Å². The molecular formula is C16H14BrNO6S. The molecule has 0 unspecified atom stereocenters. The van der Waals surface area contributed by atoms with Crippen LogP contribution in [0.2, 0.25) is 0 Å². The molecule has 0 amide bonds. The molecule has 0 aliphatic carbocycles. The molecule has 0 radical (unpaired) electrons. The van der Waals surface area contributed by atoms with Crippen molar-refractivity contribution in [1.82, 2.24) is 0 Å². The van der Waals surface area contributed by atoms with Gasteiger partial charge < -0.3 is 9.84 Å². The predicted molar refractivity (Wildman–Crippen MR) is 94.3 cm³/mol. The van der Waals surface area contributed by atoms with Crippen LogP contribution in [0.25, 0.3) is 0 Å². The molecule has 2 N–H and O–H groups in total. The lowest BCUT2D eigenvalue weighted by atomic mass is 10.2. The summed E-state index contributed by atoms with van der Waals surface area (Å²) in [6.07, 6.45) is 0. The van der Waals surface area contributed by atoms with Gasteiger partial charge in [-0.2, -0.15) is 0 Å². The van der Waals surface area contributed by atoms with Gasteiger partial charge >= 0.3 is 11.9 Å². The van der Waals surface area contributed by atoms with Gasteiger partial charge in [0.05, 0.1) is 17.7 Å². The fourth-order valence-corrected chi connectivity index (χ4v) is 4.09. The number of carboxylic acids is 1. The Morgan fingerprint density at radius 3 is 2.24 bits per heavy atom. The number of rotatable bonds is 6. The zero-order chi connectivity index (χ0) is 18.6. The summed E-state index contributed by atoms with van der Waals surface area (Å²) in [6, 6.07) is 9.27. The second-order valence-electron chi connectivity index (χ2n) is 4.85. The molecule has 25 heavy (non-hydrogen) atoms. The molecule has 2 aromatic carbocycles. The lowest BCUT2D eigenvalue weighted by molar-refractivity contribution is 0.0525. The Morgan fingerprint density at radius 1 is 1.12 bits per heavy atom. The van der Waals surface area contributed by atoms with E-state index in [2.05, 4.69) is 20.7 Å². The first-order valence-electron chi connectivity index (χ1n) is 7.07. The van der Waals surface area contributed by atoms with E-state index < -0.39 is 22.0 Å². The SMILES string of the molecule is CCOC(=O)c1ccc(S(=O)(=O)Nc2ccc(C(=O)O)cc2)c(Br)c1. The largest absolute Gasteiger partial charge is 0.478 e. The van der Waals surface area contributed by atoms with Crippen LogP contribution in [0.15, 0.2) is 51.8 Å². The highest BCUT2D eigenvalue weighted by Gasteiger charge is 2.20. The minimum Gasteiger partial charge on any atom is -0.478 e. The van der Waals surface area contributed by atoms with E-state index in [1.807, 2.05) is 0 Å². The first kappa shape index (κ1) is 18.9. The van der Waals surface area contributed by atoms with E-state index in [4.69, 9.17) is 9.84 Å². The summed E-state index contributed by atoms with van der Waals surface area (Å²) in [4.78, 5) is 22.4. The third-order valence-electron chi connectivity index (χ3n) is 3.12. The number of hydrogen-bond donors (Lipinski definition) is 2. The van der Waals surface area contributed by atoms with Gasteiger partial charge in [0.15, 0.2) is 0 Å². The zero-order valence-electron chi connectivity index (χ0n) is 13.0. The molecule has 0 heterocycles. The Balaban J connectivity index is 2.27. The molecule has 0 saturated carbocycles. The molecule has 0 fully saturated rings. The second-order valence-corrected chi connectivity index (χ2v) is 7.36. The molecule has 0 aliphatic rings. The minimum absolute atomic E-state index is 0.0444. The van der Waals surface area contributed by atoms with Gasteiger partial charge in [0.2, 0.25) is 0 Å². The van der Waals surface area contributed by atoms with Gasteiger partial charge in [0.1, 0.15) is 4.90 Å². The van der Waals surface area contributed by atoms with Crippen molar-refractivity contribution in [1.29, 1.82) is 0 Å². The molecule has 2 aromatic rings. The van der Waals surface area contributed by atoms with Gasteiger partial charge in [-0.05, 0) is 65.3 Å². The number of benzene rings is 2. The second kappa shape index (κ2) is 7.66. The third kappa shape index (κ3) is 4.58. The number of ether oxygens (including phenoxy) is 1. The van der Waals surface area contributed by atoms with E-state index in [-0.39, 0.29) is 32.8 Å². The first-order chi connectivity index (χ1) is 11.7. The average Bonchev–Trinajstić information content (AvgIpc) is 2.54. The first-order valence-corrected chi connectivity index (χ1v) is 9.35. The molecule has 0 bridgehead atoms. The van der Waals surface area contributed by atoms with Crippen molar-refractivity contribution in [2.24, 2.45) is 0 Å². The number of hydrogen-bond acceptors (Lipinski definition) is 5. The number of carboxylic acid groups (broad SMARTS) is 1. The van der Waals surface area contributed by atoms with Crippen LogP contribution < -0.4 is 4.72 Å². The molecule has 132 valence electrons. The average molecular weight is 428 g/mol. The van der Waals surface area contributed by atoms with E-state index in [1.54, 1.807) is 6.92 Å². The van der Waals surface area contributed by atoms with Crippen LogP contribution in [0.1, 0.15) is 27.6 Å². The maximum Gasteiger partial charge on any atom is 0.338 e. The molecule has 0 aliphatic heterocycles. The van der Waals surface area contributed by atoms with Crippen LogP contribution in [0, 0.1) is 0 Å². The van der Waals surface area contributed by atoms with E-state index in [1.165, 1.54) is 42.5 Å². The van der Waals surface area contributed by atoms with Crippen molar-refractivity contribution in [3.63, 3.8) is 0 Å². The number of carbonyl (C=O) groups excluding carboxylic acids is 1. The van der Waals surface area contributed by atoms with Crippen LogP contribution in [0.3, 0.4) is 0 Å². The van der Waals surface area contributed by atoms with Crippen molar-refractivity contribution < 1.29 is 27.9 Å². The zero-order valence-corrected chi connectivity index (χ0v) is 15.4. The maximum absolute atomic E-state index is 12.5. The molecule has 7 nitrogen and oxygen atoms in total. The standard InChI is InChI=1S/C16H14BrNO6S/c1-2-24-16(21)11-5-8-14(13(17)9-11)25(22,23)18-12-6-3-10(4-7-12)15(19)20/h3-9,18H,2H2,1H3,(H,19,20). The molecule has 0 saturated heterocycles. The highest BCUT2D eigenvalue weighted by atomic mass is 79.9. The highest BCUT2D eigenvalue weighted by Crippen LogP contribution is 2.26. The van der Waals surface area contributed by atoms with Crippen molar-refractivity contribution in [3.05, 3.63) is 58.1 Å². The quantitative estimate of drug-likeness (QED) is 0.685. The van der Waals surface area contributed by atoms with E-state index in [9.17, 15) is 18.0 Å². The van der Waals surface area contributed by atoms with Crippen LogP contribution in [-0.2, 0) is 14.8 Å². The summed E-state index contributed by atoms with van der Waals surface area (Å²) in [5.41, 5.74) is 0.479. The molecule has 9 heteroatoms. The molecular weight excluding hydrogens is 414 g/mol. The van der Waals surface area contributed by atoms with E-state index >= 15 is 0 Å². The molecule has 2 rings (SSSR count). The summed E-state index contributed by atoms with van der Waals surface area (Å²) in [5, 5.41) is 8.85. The number of sulfonamides is 1. The summed E-state index contributed by atoms with van der Waals surface area (Å²) in [6.45, 7) is 1.88. The van der Waals surface area contributed by atoms with Gasteiger partial charge in [-0.15, -0.1) is 0 Å². The molecule has 0 spiro atoms. The smallest absolute Gasteiger partial charge is 0.338 e. The van der Waals surface area contributed by atoms with Crippen molar-refractivity contribution in [2.75, 3.05) is 11.3 Å². The van der Waals surface area contributed by atoms with Gasteiger partial charge in [0.25, 0.3) is 10.0 Å². The van der Waals surface area contributed by atoms with Crippen molar-refractivity contribution >= 4 is 43.6 Å². The minimum atomic E-state index is -3.93. The summed E-state index contributed by atoms with van der Waals surface area (Å²) in [7, 11) is -3.93. The fraction of sp³-hybridized carbons (Fsp3) is 0.125. The number of anilines is 1. The van der Waals surface area contributed by atoms with Gasteiger partial charge in [-0.1, -0.05) is 0 Å². The Morgan fingerprint density at radius 2 is 1.72 bits per heavy atom. The van der Waals surface area contributed by atoms with Crippen molar-refractivity contribution in [3.8, 4) is 0 Å². The van der Waals surface area contributed by atoms with E-state index in [0.717, 1.165) is 0 Å². The lowest BCUT2D eigenvalue weighted by Gasteiger charge is -2.11. The summed E-state index contributed by atoms with van der Waals surface area (Å²) < 4.78 is 32.4. The van der Waals surface area contributed by atoms with Crippen LogP contribution in [0.5, 0.6) is 0 Å². The Hall–Kier alpha value is -2.39. The number of nitrogens with one attached hydrogen (secondary N) is 1. The van der Waals surface area contributed by atoms with Gasteiger partial charge in [0, 0.05) is 10.2 Å². The fourth-order valence-electron chi connectivity index (χ4n) is 1.95. The van der Waals surface area contributed by atoms with Crippen LogP contribution >= 0.6 is 15.9 Å². The number of esters is 1. The van der Waals surface area contributed by atoms with Crippen LogP contribution in [-0.4, -0.2) is 32.1 Å². The number of aromatic carboxylic acids is 1. The lowest BCUT2D eigenvalue weighted by Crippen LogP contribution is -2.14. The molecule has 0 aromatic heterocycles. The maximum atomic E-state index is 12.5. The van der Waals surface area contributed by atoms with Crippen molar-refractivity contribution in [2.45, 2.75) is 11.8 Å².